The first-order chi connectivity index (χ1) is 14.0. The fourth-order valence-corrected chi connectivity index (χ4v) is 3.23. The molecule has 0 aliphatic rings. The summed E-state index contributed by atoms with van der Waals surface area (Å²) in [5.74, 6) is -0.244. The zero-order valence-corrected chi connectivity index (χ0v) is 16.0. The van der Waals surface area contributed by atoms with Gasteiger partial charge < -0.3 is 20.1 Å². The Morgan fingerprint density at radius 3 is 2.62 bits per heavy atom. The number of aliphatic hydroxyl groups excluding tert-OH is 1. The summed E-state index contributed by atoms with van der Waals surface area (Å²) >= 11 is 0. The summed E-state index contributed by atoms with van der Waals surface area (Å²) in [5, 5.41) is 21.4. The average molecular weight is 388 g/mol. The molecule has 7 heteroatoms. The van der Waals surface area contributed by atoms with Crippen LogP contribution in [0.25, 0.3) is 33.3 Å². The number of carbonyl (C=O) groups is 1. The number of phenolic OH excluding ortho intramolecular Hbond substituents is 1. The van der Waals surface area contributed by atoms with E-state index in [4.69, 9.17) is 0 Å². The molecule has 29 heavy (non-hydrogen) atoms. The van der Waals surface area contributed by atoms with Crippen LogP contribution < -0.4 is 0 Å². The number of phenols is 1. The summed E-state index contributed by atoms with van der Waals surface area (Å²) in [6, 6.07) is 12.6. The molecule has 0 radical (unpaired) electrons. The van der Waals surface area contributed by atoms with Crippen LogP contribution in [0.4, 0.5) is 0 Å². The Morgan fingerprint density at radius 2 is 1.86 bits per heavy atom. The quantitative estimate of drug-likeness (QED) is 0.498. The van der Waals surface area contributed by atoms with Gasteiger partial charge >= 0.3 is 0 Å². The predicted molar refractivity (Wildman–Crippen MR) is 110 cm³/mol. The van der Waals surface area contributed by atoms with E-state index < -0.39 is 12.0 Å². The van der Waals surface area contributed by atoms with Crippen molar-refractivity contribution < 1.29 is 15.0 Å². The molecule has 3 heterocycles. The minimum atomic E-state index is -1.33. The van der Waals surface area contributed by atoms with E-state index in [-0.39, 0.29) is 11.4 Å². The lowest BCUT2D eigenvalue weighted by Gasteiger charge is -2.16. The van der Waals surface area contributed by atoms with Crippen LogP contribution in [0.1, 0.15) is 11.8 Å². The fourth-order valence-electron chi connectivity index (χ4n) is 3.23. The number of H-pyrrole nitrogens is 1. The number of nitrogens with one attached hydrogen (secondary N) is 1. The third kappa shape index (κ3) is 3.43. The van der Waals surface area contributed by atoms with Gasteiger partial charge in [-0.05, 0) is 29.8 Å². The molecule has 1 atom stereocenters. The predicted octanol–water partition coefficient (Wildman–Crippen LogP) is 3.12. The van der Waals surface area contributed by atoms with Crippen LogP contribution in [0, 0.1) is 0 Å². The van der Waals surface area contributed by atoms with E-state index in [1.807, 2.05) is 24.4 Å². The molecule has 4 aromatic rings. The first-order valence-electron chi connectivity index (χ1n) is 9.07. The molecule has 1 amide bonds. The minimum absolute atomic E-state index is 0.190. The number of rotatable bonds is 4. The third-order valence-corrected chi connectivity index (χ3v) is 4.79. The Bertz CT molecular complexity index is 1200. The minimum Gasteiger partial charge on any atom is -0.507 e. The van der Waals surface area contributed by atoms with Crippen molar-refractivity contribution >= 4 is 16.9 Å². The smallest absolute Gasteiger partial charge is 0.257 e. The Morgan fingerprint density at radius 1 is 1.07 bits per heavy atom. The van der Waals surface area contributed by atoms with E-state index in [9.17, 15) is 15.0 Å². The number of amides is 1. The number of aromatic nitrogens is 3. The van der Waals surface area contributed by atoms with Crippen molar-refractivity contribution in [1.29, 1.82) is 0 Å². The zero-order valence-electron chi connectivity index (χ0n) is 16.0. The maximum atomic E-state index is 12.1. The van der Waals surface area contributed by atoms with Gasteiger partial charge in [0, 0.05) is 54.8 Å². The number of likely N-dealkylation sites (N-methyl/N-ethyl adjacent to an activating group) is 1. The molecule has 4 rings (SSSR count). The number of benzene rings is 1. The van der Waals surface area contributed by atoms with Crippen LogP contribution >= 0.6 is 0 Å². The zero-order chi connectivity index (χ0) is 20.5. The second kappa shape index (κ2) is 7.37. The fraction of sp³-hybridized carbons (Fsp3) is 0.136. The molecule has 7 nitrogen and oxygen atoms in total. The van der Waals surface area contributed by atoms with Gasteiger partial charge in [0.05, 0.1) is 5.69 Å². The van der Waals surface area contributed by atoms with Crippen molar-refractivity contribution in [2.45, 2.75) is 6.10 Å². The van der Waals surface area contributed by atoms with Gasteiger partial charge in [-0.15, -0.1) is 0 Å². The van der Waals surface area contributed by atoms with E-state index in [0.29, 0.717) is 11.2 Å². The lowest BCUT2D eigenvalue weighted by Crippen LogP contribution is -2.28. The number of pyridine rings is 2. The van der Waals surface area contributed by atoms with Gasteiger partial charge in [-0.25, -0.2) is 4.98 Å². The van der Waals surface area contributed by atoms with Gasteiger partial charge in [-0.2, -0.15) is 0 Å². The van der Waals surface area contributed by atoms with E-state index in [1.165, 1.54) is 4.90 Å². The van der Waals surface area contributed by atoms with E-state index in [2.05, 4.69) is 15.0 Å². The standard InChI is InChI=1S/C22H20N4O3/c1-26(2)22(29)20(28)18-10-13(7-8-23-18)14-9-16-17(12-25-21(16)24-11-14)15-5-3-4-6-19(15)27/h3-12,20,27-28H,1-2H3,(H,24,25). The Hall–Kier alpha value is -3.71. The van der Waals surface area contributed by atoms with E-state index in [0.717, 1.165) is 22.1 Å². The number of carbonyl (C=O) groups excluding carboxylic acids is 1. The number of para-hydroxylation sites is 1. The Kier molecular flexibility index (Phi) is 4.74. The van der Waals surface area contributed by atoms with E-state index in [1.54, 1.807) is 50.8 Å². The maximum absolute atomic E-state index is 12.1. The molecule has 0 saturated heterocycles. The van der Waals surface area contributed by atoms with Gasteiger partial charge in [-0.1, -0.05) is 18.2 Å². The lowest BCUT2D eigenvalue weighted by atomic mass is 10.0. The monoisotopic (exact) mass is 388 g/mol. The van der Waals surface area contributed by atoms with Gasteiger partial charge in [0.2, 0.25) is 0 Å². The molecular weight excluding hydrogens is 368 g/mol. The third-order valence-electron chi connectivity index (χ3n) is 4.79. The molecule has 1 aromatic carbocycles. The van der Waals surface area contributed by atoms with Crippen molar-refractivity contribution in [2.24, 2.45) is 0 Å². The van der Waals surface area contributed by atoms with Crippen LogP contribution in [0.2, 0.25) is 0 Å². The molecule has 0 bridgehead atoms. The summed E-state index contributed by atoms with van der Waals surface area (Å²) < 4.78 is 0. The number of hydrogen-bond donors (Lipinski definition) is 3. The van der Waals surface area contributed by atoms with Crippen molar-refractivity contribution in [3.8, 4) is 28.0 Å². The SMILES string of the molecule is CN(C)C(=O)C(O)c1cc(-c2cnc3[nH]cc(-c4ccccc4O)c3c2)ccn1. The molecule has 3 N–H and O–H groups in total. The summed E-state index contributed by atoms with van der Waals surface area (Å²) in [7, 11) is 3.17. The highest BCUT2D eigenvalue weighted by Gasteiger charge is 2.21. The average Bonchev–Trinajstić information content (AvgIpc) is 3.16. The second-order valence-corrected chi connectivity index (χ2v) is 6.94. The summed E-state index contributed by atoms with van der Waals surface area (Å²) in [4.78, 5) is 25.1. The lowest BCUT2D eigenvalue weighted by molar-refractivity contribution is -0.138. The summed E-state index contributed by atoms with van der Waals surface area (Å²) in [5.41, 5.74) is 4.10. The second-order valence-electron chi connectivity index (χ2n) is 6.94. The molecule has 0 fully saturated rings. The summed E-state index contributed by atoms with van der Waals surface area (Å²) in [6.45, 7) is 0. The molecule has 146 valence electrons. The van der Waals surface area contributed by atoms with Crippen molar-refractivity contribution in [1.82, 2.24) is 19.9 Å². The van der Waals surface area contributed by atoms with Crippen LogP contribution in [-0.4, -0.2) is 50.1 Å². The Labute approximate surface area is 167 Å². The van der Waals surface area contributed by atoms with Crippen LogP contribution in [0.5, 0.6) is 5.75 Å². The van der Waals surface area contributed by atoms with Gasteiger partial charge in [-0.3, -0.25) is 9.78 Å². The molecular formula is C22H20N4O3. The van der Waals surface area contributed by atoms with Crippen molar-refractivity contribution in [2.75, 3.05) is 14.1 Å². The number of aliphatic hydroxyl groups is 1. The number of aromatic amines is 1. The maximum Gasteiger partial charge on any atom is 0.257 e. The molecule has 0 aliphatic carbocycles. The van der Waals surface area contributed by atoms with Gasteiger partial charge in [0.1, 0.15) is 11.4 Å². The largest absolute Gasteiger partial charge is 0.507 e. The van der Waals surface area contributed by atoms with Gasteiger partial charge in [0.15, 0.2) is 6.10 Å². The van der Waals surface area contributed by atoms with Crippen molar-refractivity contribution in [3.63, 3.8) is 0 Å². The van der Waals surface area contributed by atoms with Crippen molar-refractivity contribution in [3.05, 3.63) is 66.7 Å². The van der Waals surface area contributed by atoms with Crippen LogP contribution in [0.3, 0.4) is 0 Å². The number of nitrogens with zero attached hydrogens (tertiary/aromatic N) is 3. The number of aromatic hydroxyl groups is 1. The highest BCUT2D eigenvalue weighted by molar-refractivity contribution is 5.97. The highest BCUT2D eigenvalue weighted by atomic mass is 16.3. The molecule has 0 saturated carbocycles. The normalized spacial score (nSPS) is 12.1. The number of hydrogen-bond acceptors (Lipinski definition) is 5. The first-order valence-corrected chi connectivity index (χ1v) is 9.07. The first kappa shape index (κ1) is 18.6. The van der Waals surface area contributed by atoms with Crippen LogP contribution in [-0.2, 0) is 4.79 Å². The number of fused-ring (bicyclic) bond motifs is 1. The molecule has 0 spiro atoms. The molecule has 0 aliphatic heterocycles. The van der Waals surface area contributed by atoms with Crippen LogP contribution in [0.15, 0.2) is 61.1 Å². The topological polar surface area (TPSA) is 102 Å². The van der Waals surface area contributed by atoms with E-state index >= 15 is 0 Å². The van der Waals surface area contributed by atoms with Gasteiger partial charge in [0.25, 0.3) is 5.91 Å². The highest BCUT2D eigenvalue weighted by Crippen LogP contribution is 2.35. The molecule has 1 unspecified atom stereocenters. The Balaban J connectivity index is 1.78. The summed E-state index contributed by atoms with van der Waals surface area (Å²) in [6.07, 6.45) is 3.76. The molecule has 3 aromatic heterocycles.